The minimum atomic E-state index is 0.411. The molecule has 2 saturated heterocycles. The average Bonchev–Trinajstić information content (AvgIpc) is 2.17. The third kappa shape index (κ3) is 2.92. The molecular weight excluding hydrogens is 188 g/mol. The van der Waals surface area contributed by atoms with Crippen LogP contribution in [0, 0.1) is 0 Å². The summed E-state index contributed by atoms with van der Waals surface area (Å²) in [7, 11) is 2.22. The zero-order chi connectivity index (χ0) is 10.8. The summed E-state index contributed by atoms with van der Waals surface area (Å²) in [6.07, 6.45) is 3.48. The van der Waals surface area contributed by atoms with E-state index in [2.05, 4.69) is 30.7 Å². The monoisotopic (exact) mass is 212 g/mol. The van der Waals surface area contributed by atoms with Crippen LogP contribution in [-0.4, -0.2) is 61.3 Å². The number of ether oxygens (including phenoxy) is 1. The molecule has 0 unspecified atom stereocenters. The van der Waals surface area contributed by atoms with Crippen LogP contribution in [0.5, 0.6) is 0 Å². The molecule has 0 amide bonds. The topological polar surface area (TPSA) is 15.7 Å². The molecule has 3 nitrogen and oxygen atoms in total. The van der Waals surface area contributed by atoms with Crippen LogP contribution in [0.2, 0.25) is 0 Å². The Hall–Kier alpha value is -0.120. The van der Waals surface area contributed by atoms with E-state index >= 15 is 0 Å². The van der Waals surface area contributed by atoms with Gasteiger partial charge in [0.25, 0.3) is 0 Å². The zero-order valence-corrected chi connectivity index (χ0v) is 10.3. The largest absolute Gasteiger partial charge is 0.373 e. The first-order valence-corrected chi connectivity index (χ1v) is 6.23. The molecule has 0 spiro atoms. The molecule has 0 aromatic rings. The van der Waals surface area contributed by atoms with Gasteiger partial charge in [-0.1, -0.05) is 0 Å². The van der Waals surface area contributed by atoms with Gasteiger partial charge in [0, 0.05) is 19.1 Å². The van der Waals surface area contributed by atoms with E-state index in [-0.39, 0.29) is 0 Å². The van der Waals surface area contributed by atoms with Crippen molar-refractivity contribution >= 4 is 0 Å². The van der Waals surface area contributed by atoms with E-state index in [1.807, 2.05) is 0 Å². The van der Waals surface area contributed by atoms with Crippen LogP contribution in [0.25, 0.3) is 0 Å². The second-order valence-corrected chi connectivity index (χ2v) is 5.25. The van der Waals surface area contributed by atoms with E-state index in [4.69, 9.17) is 4.74 Å². The fourth-order valence-electron chi connectivity index (χ4n) is 2.88. The minimum absolute atomic E-state index is 0.411. The van der Waals surface area contributed by atoms with Crippen molar-refractivity contribution in [2.45, 2.75) is 44.9 Å². The lowest BCUT2D eigenvalue weighted by atomic mass is 10.0. The van der Waals surface area contributed by atoms with Crippen LogP contribution in [-0.2, 0) is 4.74 Å². The van der Waals surface area contributed by atoms with Gasteiger partial charge in [0.05, 0.1) is 12.2 Å². The quantitative estimate of drug-likeness (QED) is 0.649. The molecule has 2 aliphatic heterocycles. The highest BCUT2D eigenvalue weighted by Gasteiger charge is 2.29. The zero-order valence-electron chi connectivity index (χ0n) is 10.3. The first-order valence-electron chi connectivity index (χ1n) is 6.23. The Morgan fingerprint density at radius 3 is 2.07 bits per heavy atom. The summed E-state index contributed by atoms with van der Waals surface area (Å²) in [6.45, 7) is 9.14. The molecule has 2 heterocycles. The van der Waals surface area contributed by atoms with E-state index in [1.165, 1.54) is 25.9 Å². The second-order valence-electron chi connectivity index (χ2n) is 5.25. The molecule has 0 aliphatic carbocycles. The van der Waals surface area contributed by atoms with E-state index in [1.54, 1.807) is 0 Å². The molecular formula is C12H24N2O. The maximum Gasteiger partial charge on any atom is 0.0678 e. The Balaban J connectivity index is 1.87. The summed E-state index contributed by atoms with van der Waals surface area (Å²) in [6, 6.07) is 0.801. The Morgan fingerprint density at radius 2 is 1.53 bits per heavy atom. The third-order valence-electron chi connectivity index (χ3n) is 3.65. The average molecular weight is 212 g/mol. The first kappa shape index (κ1) is 11.4. The molecule has 2 atom stereocenters. The van der Waals surface area contributed by atoms with Gasteiger partial charge in [0.1, 0.15) is 0 Å². The van der Waals surface area contributed by atoms with Gasteiger partial charge in [0.2, 0.25) is 0 Å². The van der Waals surface area contributed by atoms with E-state index in [9.17, 15) is 0 Å². The SMILES string of the molecule is C[C@@H]1CN(C2CCN(C)CC2)C[C@H](C)O1. The lowest BCUT2D eigenvalue weighted by Crippen LogP contribution is -2.52. The van der Waals surface area contributed by atoms with Gasteiger partial charge in [-0.2, -0.15) is 0 Å². The fourth-order valence-corrected chi connectivity index (χ4v) is 2.88. The van der Waals surface area contributed by atoms with Crippen molar-refractivity contribution in [1.82, 2.24) is 9.80 Å². The lowest BCUT2D eigenvalue weighted by Gasteiger charge is -2.43. The smallest absolute Gasteiger partial charge is 0.0678 e. The summed E-state index contributed by atoms with van der Waals surface area (Å²) in [5, 5.41) is 0. The number of hydrogen-bond donors (Lipinski definition) is 0. The Labute approximate surface area is 93.4 Å². The van der Waals surface area contributed by atoms with Crippen LogP contribution in [0.3, 0.4) is 0 Å². The van der Waals surface area contributed by atoms with Crippen LogP contribution in [0.1, 0.15) is 26.7 Å². The molecule has 2 rings (SSSR count). The van der Waals surface area contributed by atoms with Crippen molar-refractivity contribution in [1.29, 1.82) is 0 Å². The molecule has 0 aromatic heterocycles. The van der Waals surface area contributed by atoms with Crippen molar-refractivity contribution < 1.29 is 4.74 Å². The van der Waals surface area contributed by atoms with Crippen LogP contribution in [0.15, 0.2) is 0 Å². The van der Waals surface area contributed by atoms with Crippen LogP contribution >= 0.6 is 0 Å². The number of rotatable bonds is 1. The molecule has 2 aliphatic rings. The number of likely N-dealkylation sites (tertiary alicyclic amines) is 1. The van der Waals surface area contributed by atoms with Gasteiger partial charge in [-0.15, -0.1) is 0 Å². The second kappa shape index (κ2) is 4.81. The third-order valence-corrected chi connectivity index (χ3v) is 3.65. The summed E-state index contributed by atoms with van der Waals surface area (Å²) >= 11 is 0. The highest BCUT2D eigenvalue weighted by Crippen LogP contribution is 2.20. The van der Waals surface area contributed by atoms with Crippen LogP contribution in [0.4, 0.5) is 0 Å². The highest BCUT2D eigenvalue weighted by atomic mass is 16.5. The van der Waals surface area contributed by atoms with Crippen molar-refractivity contribution in [2.24, 2.45) is 0 Å². The fraction of sp³-hybridized carbons (Fsp3) is 1.00. The van der Waals surface area contributed by atoms with Crippen molar-refractivity contribution in [3.8, 4) is 0 Å². The van der Waals surface area contributed by atoms with Crippen molar-refractivity contribution in [3.05, 3.63) is 0 Å². The summed E-state index contributed by atoms with van der Waals surface area (Å²) in [5.74, 6) is 0. The maximum atomic E-state index is 5.78. The van der Waals surface area contributed by atoms with Gasteiger partial charge in [0.15, 0.2) is 0 Å². The molecule has 0 bridgehead atoms. The number of morpholine rings is 1. The van der Waals surface area contributed by atoms with Gasteiger partial charge >= 0.3 is 0 Å². The van der Waals surface area contributed by atoms with Gasteiger partial charge < -0.3 is 9.64 Å². The number of piperidine rings is 1. The van der Waals surface area contributed by atoms with Crippen molar-refractivity contribution in [3.63, 3.8) is 0 Å². The summed E-state index contributed by atoms with van der Waals surface area (Å²) in [5.41, 5.74) is 0. The number of hydrogen-bond acceptors (Lipinski definition) is 3. The van der Waals surface area contributed by atoms with Crippen LogP contribution < -0.4 is 0 Å². The molecule has 0 N–H and O–H groups in total. The normalized spacial score (nSPS) is 37.0. The summed E-state index contributed by atoms with van der Waals surface area (Å²) in [4.78, 5) is 5.08. The van der Waals surface area contributed by atoms with Crippen molar-refractivity contribution in [2.75, 3.05) is 33.2 Å². The molecule has 88 valence electrons. The van der Waals surface area contributed by atoms with Gasteiger partial charge in [-0.25, -0.2) is 0 Å². The minimum Gasteiger partial charge on any atom is -0.373 e. The highest BCUT2D eigenvalue weighted by molar-refractivity contribution is 4.83. The number of nitrogens with zero attached hydrogens (tertiary/aromatic N) is 2. The molecule has 2 fully saturated rings. The van der Waals surface area contributed by atoms with E-state index < -0.39 is 0 Å². The van der Waals surface area contributed by atoms with E-state index in [0.717, 1.165) is 19.1 Å². The van der Waals surface area contributed by atoms with Gasteiger partial charge in [-0.3, -0.25) is 4.90 Å². The molecule has 3 heteroatoms. The Bertz CT molecular complexity index is 192. The molecule has 0 radical (unpaired) electrons. The van der Waals surface area contributed by atoms with Gasteiger partial charge in [-0.05, 0) is 46.8 Å². The Kier molecular flexibility index (Phi) is 3.65. The summed E-state index contributed by atoms with van der Waals surface area (Å²) < 4.78 is 5.78. The molecule has 0 saturated carbocycles. The molecule has 15 heavy (non-hydrogen) atoms. The molecule has 0 aromatic carbocycles. The predicted octanol–water partition coefficient (Wildman–Crippen LogP) is 1.19. The maximum absolute atomic E-state index is 5.78. The first-order chi connectivity index (χ1) is 7.15. The predicted molar refractivity (Wildman–Crippen MR) is 62.1 cm³/mol. The standard InChI is InChI=1S/C12H24N2O/c1-10-8-14(9-11(2)15-10)12-4-6-13(3)7-5-12/h10-12H,4-9H2,1-3H3/t10-,11+. The van der Waals surface area contributed by atoms with E-state index in [0.29, 0.717) is 12.2 Å². The lowest BCUT2D eigenvalue weighted by molar-refractivity contribution is -0.0858. The Morgan fingerprint density at radius 1 is 1.00 bits per heavy atom.